The number of aliphatic hydroxyl groups is 2. The van der Waals surface area contributed by atoms with Gasteiger partial charge in [-0.15, -0.1) is 5.10 Å². The fraction of sp³-hybridized carbons (Fsp3) is 0.667. The number of rotatable bonds is 7. The number of nitrogens with two attached hydrogens (primary N) is 1. The Bertz CT molecular complexity index is 569. The number of hydrogen-bond donors (Lipinski definition) is 3. The van der Waals surface area contributed by atoms with E-state index in [1.54, 1.807) is 6.92 Å². The van der Waals surface area contributed by atoms with Crippen LogP contribution in [-0.2, 0) is 25.9 Å². The van der Waals surface area contributed by atoms with E-state index >= 15 is 0 Å². The number of anilines is 1. The standard InChI is InChI=1S/C9H16N4O6S/c1-2-19-7(16)5-20(17,18)9-8(10)13(12-11-9)3-6(15)4-14/h6,14-15H,2-5,10H2,1H3. The summed E-state index contributed by atoms with van der Waals surface area (Å²) in [5.74, 6) is -2.13. The van der Waals surface area contributed by atoms with Crippen LogP contribution in [0.1, 0.15) is 6.92 Å². The molecule has 0 bridgehead atoms. The van der Waals surface area contributed by atoms with Gasteiger partial charge in [-0.25, -0.2) is 13.1 Å². The van der Waals surface area contributed by atoms with Crippen LogP contribution in [-0.4, -0.2) is 64.7 Å². The van der Waals surface area contributed by atoms with Crippen LogP contribution in [0.25, 0.3) is 0 Å². The van der Waals surface area contributed by atoms with Crippen LogP contribution in [0.2, 0.25) is 0 Å². The van der Waals surface area contributed by atoms with Gasteiger partial charge in [0.2, 0.25) is 14.9 Å². The Morgan fingerprint density at radius 2 is 2.20 bits per heavy atom. The highest BCUT2D eigenvalue weighted by atomic mass is 32.2. The molecule has 0 aliphatic heterocycles. The molecule has 0 saturated heterocycles. The third kappa shape index (κ3) is 3.88. The first-order valence-corrected chi connectivity index (χ1v) is 7.33. The van der Waals surface area contributed by atoms with Gasteiger partial charge in [-0.2, -0.15) is 0 Å². The summed E-state index contributed by atoms with van der Waals surface area (Å²) >= 11 is 0. The monoisotopic (exact) mass is 308 g/mol. The molecular weight excluding hydrogens is 292 g/mol. The second-order valence-corrected chi connectivity index (χ2v) is 5.77. The first-order chi connectivity index (χ1) is 9.31. The van der Waals surface area contributed by atoms with E-state index < -0.39 is 39.3 Å². The maximum absolute atomic E-state index is 11.9. The van der Waals surface area contributed by atoms with Gasteiger partial charge in [0.1, 0.15) is 0 Å². The number of esters is 1. The fourth-order valence-electron chi connectivity index (χ4n) is 1.34. The van der Waals surface area contributed by atoms with Crippen molar-refractivity contribution in [2.75, 3.05) is 24.7 Å². The van der Waals surface area contributed by atoms with E-state index in [1.807, 2.05) is 0 Å². The lowest BCUT2D eigenvalue weighted by atomic mass is 10.4. The van der Waals surface area contributed by atoms with Crippen molar-refractivity contribution in [1.29, 1.82) is 0 Å². The predicted molar refractivity (Wildman–Crippen MR) is 66.2 cm³/mol. The van der Waals surface area contributed by atoms with E-state index in [4.69, 9.17) is 10.8 Å². The molecule has 114 valence electrons. The number of sulfone groups is 1. The third-order valence-electron chi connectivity index (χ3n) is 2.24. The minimum atomic E-state index is -4.07. The van der Waals surface area contributed by atoms with Gasteiger partial charge in [0, 0.05) is 0 Å². The van der Waals surface area contributed by atoms with E-state index in [1.165, 1.54) is 0 Å². The Kier molecular flexibility index (Phi) is 5.42. The van der Waals surface area contributed by atoms with Crippen molar-refractivity contribution in [2.45, 2.75) is 24.6 Å². The maximum atomic E-state index is 11.9. The average Bonchev–Trinajstić information content (AvgIpc) is 2.71. The molecule has 0 saturated carbocycles. The van der Waals surface area contributed by atoms with Crippen LogP contribution in [0, 0.1) is 0 Å². The Morgan fingerprint density at radius 3 is 2.75 bits per heavy atom. The van der Waals surface area contributed by atoms with Crippen molar-refractivity contribution in [3.63, 3.8) is 0 Å². The second-order valence-electron chi connectivity index (χ2n) is 3.86. The minimum absolute atomic E-state index is 0.0548. The summed E-state index contributed by atoms with van der Waals surface area (Å²) in [6.07, 6.45) is -1.15. The molecule has 20 heavy (non-hydrogen) atoms. The lowest BCUT2D eigenvalue weighted by Gasteiger charge is -2.07. The largest absolute Gasteiger partial charge is 0.465 e. The number of carbonyl (C=O) groups excluding carboxylic acids is 1. The lowest BCUT2D eigenvalue weighted by molar-refractivity contribution is -0.139. The summed E-state index contributed by atoms with van der Waals surface area (Å²) in [5.41, 5.74) is 5.56. The molecule has 1 unspecified atom stereocenters. The molecule has 0 aromatic carbocycles. The molecule has 1 aromatic heterocycles. The topological polar surface area (TPSA) is 158 Å². The van der Waals surface area contributed by atoms with Crippen molar-refractivity contribution in [2.24, 2.45) is 0 Å². The molecule has 10 nitrogen and oxygen atoms in total. The van der Waals surface area contributed by atoms with E-state index in [0.717, 1.165) is 4.68 Å². The molecule has 0 spiro atoms. The molecule has 1 rings (SSSR count). The molecule has 0 amide bonds. The number of hydrogen-bond acceptors (Lipinski definition) is 9. The normalized spacial score (nSPS) is 13.2. The van der Waals surface area contributed by atoms with Crippen LogP contribution >= 0.6 is 0 Å². The van der Waals surface area contributed by atoms with Crippen molar-refractivity contribution < 1.29 is 28.2 Å². The SMILES string of the molecule is CCOC(=O)CS(=O)(=O)c1nnn(CC(O)CO)c1N. The smallest absolute Gasteiger partial charge is 0.321 e. The van der Waals surface area contributed by atoms with Gasteiger partial charge >= 0.3 is 5.97 Å². The summed E-state index contributed by atoms with van der Waals surface area (Å²) in [6, 6.07) is 0. The first-order valence-electron chi connectivity index (χ1n) is 5.68. The van der Waals surface area contributed by atoms with Gasteiger partial charge in [-0.1, -0.05) is 5.21 Å². The molecule has 0 fully saturated rings. The van der Waals surface area contributed by atoms with Crippen molar-refractivity contribution >= 4 is 21.6 Å². The summed E-state index contributed by atoms with van der Waals surface area (Å²) in [4.78, 5) is 11.2. The quantitative estimate of drug-likeness (QED) is 0.465. The highest BCUT2D eigenvalue weighted by Gasteiger charge is 2.28. The average molecular weight is 308 g/mol. The zero-order valence-corrected chi connectivity index (χ0v) is 11.6. The second kappa shape index (κ2) is 6.63. The van der Waals surface area contributed by atoms with Gasteiger partial charge in [0.25, 0.3) is 0 Å². The minimum Gasteiger partial charge on any atom is -0.465 e. The van der Waals surface area contributed by atoms with Gasteiger partial charge < -0.3 is 20.7 Å². The fourth-order valence-corrected chi connectivity index (χ4v) is 2.46. The van der Waals surface area contributed by atoms with Gasteiger partial charge in [-0.3, -0.25) is 4.79 Å². The number of nitrogen functional groups attached to an aromatic ring is 1. The van der Waals surface area contributed by atoms with Crippen LogP contribution in [0.4, 0.5) is 5.82 Å². The number of aromatic nitrogens is 3. The molecule has 4 N–H and O–H groups in total. The van der Waals surface area contributed by atoms with Gasteiger partial charge in [0.05, 0.1) is 25.9 Å². The van der Waals surface area contributed by atoms with Gasteiger partial charge in [0.15, 0.2) is 11.6 Å². The lowest BCUT2D eigenvalue weighted by Crippen LogP contribution is -2.22. The number of carbonyl (C=O) groups is 1. The zero-order chi connectivity index (χ0) is 15.3. The molecule has 0 aliphatic rings. The highest BCUT2D eigenvalue weighted by molar-refractivity contribution is 7.92. The predicted octanol–water partition coefficient (Wildman–Crippen LogP) is -2.45. The Hall–Kier alpha value is -1.72. The van der Waals surface area contributed by atoms with E-state index in [-0.39, 0.29) is 19.0 Å². The molecule has 11 heteroatoms. The van der Waals surface area contributed by atoms with Crippen LogP contribution in [0.3, 0.4) is 0 Å². The highest BCUT2D eigenvalue weighted by Crippen LogP contribution is 2.16. The van der Waals surface area contributed by atoms with Crippen LogP contribution in [0.5, 0.6) is 0 Å². The Labute approximate surface area is 115 Å². The van der Waals surface area contributed by atoms with Gasteiger partial charge in [-0.05, 0) is 6.92 Å². The zero-order valence-electron chi connectivity index (χ0n) is 10.8. The van der Waals surface area contributed by atoms with E-state index in [0.29, 0.717) is 0 Å². The summed E-state index contributed by atoms with van der Waals surface area (Å²) in [6.45, 7) is 0.846. The van der Waals surface area contributed by atoms with Crippen LogP contribution < -0.4 is 5.73 Å². The number of ether oxygens (including phenoxy) is 1. The van der Waals surface area contributed by atoms with Crippen molar-refractivity contribution in [3.8, 4) is 0 Å². The maximum Gasteiger partial charge on any atom is 0.321 e. The number of aliphatic hydroxyl groups excluding tert-OH is 2. The molecule has 1 atom stereocenters. The summed E-state index contributed by atoms with van der Waals surface area (Å²) in [5, 5.41) is 24.2. The first kappa shape index (κ1) is 16.3. The third-order valence-corrected chi connectivity index (χ3v) is 3.74. The molecular formula is C9H16N4O6S. The summed E-state index contributed by atoms with van der Waals surface area (Å²) in [7, 11) is -4.07. The summed E-state index contributed by atoms with van der Waals surface area (Å²) < 4.78 is 29.3. The Morgan fingerprint density at radius 1 is 1.55 bits per heavy atom. The molecule has 1 heterocycles. The van der Waals surface area contributed by atoms with E-state index in [9.17, 15) is 18.3 Å². The van der Waals surface area contributed by atoms with Crippen LogP contribution in [0.15, 0.2) is 5.03 Å². The van der Waals surface area contributed by atoms with E-state index in [2.05, 4.69) is 15.0 Å². The molecule has 0 radical (unpaired) electrons. The molecule has 1 aromatic rings. The Balaban J connectivity index is 2.94. The molecule has 0 aliphatic carbocycles. The van der Waals surface area contributed by atoms with Crippen molar-refractivity contribution in [3.05, 3.63) is 0 Å². The number of nitrogens with zero attached hydrogens (tertiary/aromatic N) is 3. The van der Waals surface area contributed by atoms with Crippen molar-refractivity contribution in [1.82, 2.24) is 15.0 Å².